The number of benzene rings is 2. The number of rotatable bonds is 7. The Hall–Kier alpha value is -3.52. The highest BCUT2D eigenvalue weighted by atomic mass is 32.1. The highest BCUT2D eigenvalue weighted by molar-refractivity contribution is 7.09. The van der Waals surface area contributed by atoms with Gasteiger partial charge in [0.15, 0.2) is 5.90 Å². The molecule has 0 spiro atoms. The quantitative estimate of drug-likeness (QED) is 0.457. The van der Waals surface area contributed by atoms with E-state index in [0.717, 1.165) is 56.7 Å². The summed E-state index contributed by atoms with van der Waals surface area (Å²) < 4.78 is 11.5. The van der Waals surface area contributed by atoms with E-state index in [0.29, 0.717) is 19.6 Å². The van der Waals surface area contributed by atoms with Crippen LogP contribution in [-0.2, 0) is 17.8 Å². The summed E-state index contributed by atoms with van der Waals surface area (Å²) in [5.74, 6) is 2.39. The number of fused-ring (bicyclic) bond motifs is 1. The van der Waals surface area contributed by atoms with Crippen molar-refractivity contribution in [3.05, 3.63) is 70.4 Å². The van der Waals surface area contributed by atoms with E-state index in [9.17, 15) is 0 Å². The number of nitrogens with one attached hydrogen (secondary N) is 1. The van der Waals surface area contributed by atoms with Gasteiger partial charge in [0.05, 0.1) is 12.1 Å². The Kier molecular flexibility index (Phi) is 5.45. The normalized spacial score (nSPS) is 13.1. The molecule has 1 N–H and O–H groups in total. The Morgan fingerprint density at radius 2 is 2.10 bits per heavy atom. The number of nitrogens with zero attached hydrogens (tertiary/aromatic N) is 4. The van der Waals surface area contributed by atoms with Crippen molar-refractivity contribution < 1.29 is 9.47 Å². The van der Waals surface area contributed by atoms with Gasteiger partial charge >= 0.3 is 0 Å². The molecule has 1 aliphatic heterocycles. The van der Waals surface area contributed by atoms with Crippen LogP contribution in [0.4, 0.5) is 11.5 Å². The lowest BCUT2D eigenvalue weighted by Crippen LogP contribution is -2.04. The third kappa shape index (κ3) is 4.49. The first kappa shape index (κ1) is 19.4. The van der Waals surface area contributed by atoms with Crippen LogP contribution in [-0.4, -0.2) is 34.0 Å². The van der Waals surface area contributed by atoms with Crippen molar-refractivity contribution in [1.82, 2.24) is 15.0 Å². The molecule has 0 saturated heterocycles. The van der Waals surface area contributed by atoms with E-state index in [1.54, 1.807) is 23.9 Å². The molecule has 0 bridgehead atoms. The molecule has 2 aromatic heterocycles. The summed E-state index contributed by atoms with van der Waals surface area (Å²) >= 11 is 1.59. The summed E-state index contributed by atoms with van der Waals surface area (Å²) in [6.07, 6.45) is 4.04. The van der Waals surface area contributed by atoms with Crippen LogP contribution in [0.15, 0.2) is 59.3 Å². The maximum Gasteiger partial charge on any atom is 0.187 e. The summed E-state index contributed by atoms with van der Waals surface area (Å²) in [4.78, 5) is 17.5. The minimum Gasteiger partial charge on any atom is -0.486 e. The molecule has 5 rings (SSSR count). The highest BCUT2D eigenvalue weighted by Crippen LogP contribution is 2.28. The van der Waals surface area contributed by atoms with Crippen molar-refractivity contribution in [3.63, 3.8) is 0 Å². The largest absolute Gasteiger partial charge is 0.486 e. The van der Waals surface area contributed by atoms with Crippen molar-refractivity contribution in [2.45, 2.75) is 20.0 Å². The molecule has 31 heavy (non-hydrogen) atoms. The zero-order valence-corrected chi connectivity index (χ0v) is 17.9. The van der Waals surface area contributed by atoms with Crippen molar-refractivity contribution in [1.29, 1.82) is 0 Å². The van der Waals surface area contributed by atoms with Crippen LogP contribution in [0.3, 0.4) is 0 Å². The van der Waals surface area contributed by atoms with Gasteiger partial charge in [-0.3, -0.25) is 4.99 Å². The zero-order valence-electron chi connectivity index (χ0n) is 17.0. The summed E-state index contributed by atoms with van der Waals surface area (Å²) in [5.41, 5.74) is 3.98. The van der Waals surface area contributed by atoms with E-state index >= 15 is 0 Å². The summed E-state index contributed by atoms with van der Waals surface area (Å²) in [6.45, 7) is 3.91. The first-order valence-electron chi connectivity index (χ1n) is 10.0. The number of hydrogen-bond donors (Lipinski definition) is 1. The topological polar surface area (TPSA) is 81.5 Å². The molecular weight excluding hydrogens is 410 g/mol. The van der Waals surface area contributed by atoms with Crippen LogP contribution < -0.4 is 10.1 Å². The zero-order chi connectivity index (χ0) is 21.0. The van der Waals surface area contributed by atoms with Crippen molar-refractivity contribution in [2.24, 2.45) is 4.99 Å². The maximum atomic E-state index is 5.91. The first-order chi connectivity index (χ1) is 15.2. The number of ether oxygens (including phenoxy) is 2. The van der Waals surface area contributed by atoms with E-state index in [4.69, 9.17) is 9.47 Å². The molecule has 0 fully saturated rings. The Labute approximate surface area is 183 Å². The van der Waals surface area contributed by atoms with Crippen LogP contribution >= 0.6 is 11.3 Å². The third-order valence-electron chi connectivity index (χ3n) is 4.98. The fraction of sp³-hybridized carbons (Fsp3) is 0.217. The van der Waals surface area contributed by atoms with Crippen LogP contribution in [0.25, 0.3) is 10.9 Å². The van der Waals surface area contributed by atoms with Crippen LogP contribution in [0.2, 0.25) is 0 Å². The Balaban J connectivity index is 1.36. The molecule has 0 amide bonds. The molecule has 8 heteroatoms. The van der Waals surface area contributed by atoms with Gasteiger partial charge in [-0.25, -0.2) is 15.0 Å². The van der Waals surface area contributed by atoms with Gasteiger partial charge in [-0.15, -0.1) is 11.3 Å². The molecule has 0 saturated carbocycles. The third-order valence-corrected chi connectivity index (χ3v) is 5.73. The molecule has 1 aliphatic rings. The number of aliphatic imine (C=N–C) groups is 1. The van der Waals surface area contributed by atoms with Gasteiger partial charge in [0, 0.05) is 29.1 Å². The van der Waals surface area contributed by atoms with E-state index < -0.39 is 0 Å². The average Bonchev–Trinajstić information content (AvgIpc) is 3.48. The maximum absolute atomic E-state index is 5.91. The Morgan fingerprint density at radius 1 is 1.13 bits per heavy atom. The number of thiazole rings is 1. The van der Waals surface area contributed by atoms with Gasteiger partial charge < -0.3 is 14.8 Å². The number of aryl methyl sites for hydroxylation is 1. The smallest absolute Gasteiger partial charge is 0.187 e. The molecule has 7 nitrogen and oxygen atoms in total. The molecule has 156 valence electrons. The van der Waals surface area contributed by atoms with E-state index in [1.807, 2.05) is 30.5 Å². The van der Waals surface area contributed by atoms with Crippen molar-refractivity contribution in [3.8, 4) is 5.75 Å². The van der Waals surface area contributed by atoms with E-state index in [1.165, 1.54) is 0 Å². The second-order valence-electron chi connectivity index (χ2n) is 7.19. The SMILES string of the molecule is Cc1cc(Nc2ncnc3ccc(CC4=NCCO4)cc23)ccc1OCc1nccs1. The van der Waals surface area contributed by atoms with Gasteiger partial charge in [-0.1, -0.05) is 6.07 Å². The molecule has 3 heterocycles. The van der Waals surface area contributed by atoms with Crippen LogP contribution in [0.1, 0.15) is 16.1 Å². The van der Waals surface area contributed by atoms with Gasteiger partial charge in [0.2, 0.25) is 0 Å². The molecule has 4 aromatic rings. The van der Waals surface area contributed by atoms with Gasteiger partial charge in [-0.2, -0.15) is 0 Å². The molecule has 2 aromatic carbocycles. The fourth-order valence-corrected chi connectivity index (χ4v) is 3.99. The number of hydrogen-bond acceptors (Lipinski definition) is 8. The lowest BCUT2D eigenvalue weighted by molar-refractivity contribution is 0.303. The van der Waals surface area contributed by atoms with Gasteiger partial charge in [0.1, 0.15) is 36.1 Å². The van der Waals surface area contributed by atoms with Gasteiger partial charge in [0.25, 0.3) is 0 Å². The number of anilines is 2. The Morgan fingerprint density at radius 3 is 2.90 bits per heavy atom. The fourth-order valence-electron chi connectivity index (χ4n) is 3.46. The molecular formula is C23H21N5O2S. The van der Waals surface area contributed by atoms with E-state index in [2.05, 4.69) is 43.5 Å². The molecule has 0 aliphatic carbocycles. The van der Waals surface area contributed by atoms with Crippen LogP contribution in [0, 0.1) is 6.92 Å². The van der Waals surface area contributed by atoms with Gasteiger partial charge in [-0.05, 0) is 48.4 Å². The van der Waals surface area contributed by atoms with Crippen molar-refractivity contribution >= 4 is 39.6 Å². The first-order valence-corrected chi connectivity index (χ1v) is 10.9. The lowest BCUT2D eigenvalue weighted by atomic mass is 10.1. The predicted octanol–water partition coefficient (Wildman–Crippen LogP) is 4.69. The van der Waals surface area contributed by atoms with Crippen LogP contribution in [0.5, 0.6) is 5.75 Å². The standard InChI is InChI=1S/C23H21N5O2S/c1-15-10-17(3-5-20(15)30-13-22-25-7-9-31-22)28-23-18-11-16(12-21-24-6-8-29-21)2-4-19(18)26-14-27-23/h2-5,7,9-11,14H,6,8,12-13H2,1H3,(H,26,27,28). The molecule has 0 radical (unpaired) electrons. The van der Waals surface area contributed by atoms with E-state index in [-0.39, 0.29) is 0 Å². The second-order valence-corrected chi connectivity index (χ2v) is 8.17. The summed E-state index contributed by atoms with van der Waals surface area (Å²) in [7, 11) is 0. The summed E-state index contributed by atoms with van der Waals surface area (Å²) in [5, 5.41) is 7.29. The monoisotopic (exact) mass is 431 g/mol. The second kappa shape index (κ2) is 8.69. The highest BCUT2D eigenvalue weighted by Gasteiger charge is 2.11. The minimum atomic E-state index is 0.472. The predicted molar refractivity (Wildman–Crippen MR) is 122 cm³/mol. The molecule has 0 atom stereocenters. The molecule has 0 unspecified atom stereocenters. The lowest BCUT2D eigenvalue weighted by Gasteiger charge is -2.12. The minimum absolute atomic E-state index is 0.472. The number of aromatic nitrogens is 3. The van der Waals surface area contributed by atoms with Crippen molar-refractivity contribution in [2.75, 3.05) is 18.5 Å². The summed E-state index contributed by atoms with van der Waals surface area (Å²) in [6, 6.07) is 12.2. The Bertz CT molecular complexity index is 1240. The average molecular weight is 432 g/mol.